The highest BCUT2D eigenvalue weighted by molar-refractivity contribution is 5.84. The summed E-state index contributed by atoms with van der Waals surface area (Å²) < 4.78 is 58.5. The Morgan fingerprint density at radius 3 is 2.63 bits per heavy atom. The molecule has 7 nitrogen and oxygen atoms in total. The Balaban J connectivity index is 1.13. The number of hydrogen-bond donors (Lipinski definition) is 1. The quantitative estimate of drug-likeness (QED) is 0.394. The number of aryl methyl sites for hydroxylation is 1. The maximum absolute atomic E-state index is 14.3. The van der Waals surface area contributed by atoms with Gasteiger partial charge in [0.05, 0.1) is 5.52 Å². The zero-order valence-electron chi connectivity index (χ0n) is 19.0. The van der Waals surface area contributed by atoms with Crippen LogP contribution in [0.5, 0.6) is 0 Å². The van der Waals surface area contributed by atoms with Crippen LogP contribution in [0, 0.1) is 11.7 Å². The number of rotatable bonds is 6. The molecule has 1 aliphatic rings. The number of nitrogens with zero attached hydrogens (tertiary/aromatic N) is 5. The molecular formula is C24H24F4N6O. The number of hydrogen-bond acceptors (Lipinski definition) is 6. The summed E-state index contributed by atoms with van der Waals surface area (Å²) in [6.07, 6.45) is 0.692. The highest BCUT2D eigenvalue weighted by Gasteiger charge is 2.38. The smallest absolute Gasteiger partial charge is 0.357 e. The molecule has 0 aliphatic carbocycles. The van der Waals surface area contributed by atoms with Crippen molar-refractivity contribution < 1.29 is 22.1 Å². The monoisotopic (exact) mass is 488 g/mol. The predicted octanol–water partition coefficient (Wildman–Crippen LogP) is 4.79. The molecule has 1 aliphatic heterocycles. The minimum atomic E-state index is -4.68. The number of piperidine rings is 1. The Labute approximate surface area is 198 Å². The van der Waals surface area contributed by atoms with Crippen molar-refractivity contribution in [3.05, 3.63) is 60.0 Å². The van der Waals surface area contributed by atoms with Crippen LogP contribution in [-0.2, 0) is 19.8 Å². The molecule has 0 atom stereocenters. The van der Waals surface area contributed by atoms with Gasteiger partial charge in [-0.25, -0.2) is 9.37 Å². The number of aromatic nitrogens is 4. The molecule has 5 rings (SSSR count). The molecule has 1 aromatic carbocycles. The molecule has 1 N–H and O–H groups in total. The van der Waals surface area contributed by atoms with E-state index in [1.54, 1.807) is 18.2 Å². The molecule has 35 heavy (non-hydrogen) atoms. The second-order valence-corrected chi connectivity index (χ2v) is 8.79. The number of pyridine rings is 1. The van der Waals surface area contributed by atoms with Crippen molar-refractivity contribution in [3.63, 3.8) is 0 Å². The molecule has 184 valence electrons. The molecule has 0 unspecified atom stereocenters. The van der Waals surface area contributed by atoms with E-state index in [4.69, 9.17) is 0 Å². The van der Waals surface area contributed by atoms with Crippen LogP contribution in [0.3, 0.4) is 0 Å². The van der Waals surface area contributed by atoms with Gasteiger partial charge in [0.1, 0.15) is 11.6 Å². The van der Waals surface area contributed by atoms with Crippen molar-refractivity contribution in [2.45, 2.75) is 25.6 Å². The molecule has 1 fully saturated rings. The summed E-state index contributed by atoms with van der Waals surface area (Å²) in [7, 11) is 1.92. The van der Waals surface area contributed by atoms with Crippen molar-refractivity contribution in [2.75, 3.05) is 24.5 Å². The molecule has 4 aromatic rings. The number of anilines is 1. The van der Waals surface area contributed by atoms with E-state index in [1.165, 1.54) is 12.3 Å². The number of fused-ring (bicyclic) bond motifs is 1. The van der Waals surface area contributed by atoms with Crippen LogP contribution in [0.1, 0.15) is 24.3 Å². The minimum absolute atomic E-state index is 0.146. The number of benzene rings is 1. The Kier molecular flexibility index (Phi) is 6.18. The first-order valence-corrected chi connectivity index (χ1v) is 11.3. The van der Waals surface area contributed by atoms with E-state index < -0.39 is 12.1 Å². The van der Waals surface area contributed by atoms with E-state index >= 15 is 0 Å². The third-order valence-electron chi connectivity index (χ3n) is 6.40. The van der Waals surface area contributed by atoms with Gasteiger partial charge in [0.15, 0.2) is 0 Å². The van der Waals surface area contributed by atoms with Gasteiger partial charge in [-0.1, -0.05) is 11.2 Å². The highest BCUT2D eigenvalue weighted by Crippen LogP contribution is 2.30. The van der Waals surface area contributed by atoms with Crippen molar-refractivity contribution in [3.8, 4) is 11.4 Å². The third kappa shape index (κ3) is 4.86. The zero-order chi connectivity index (χ0) is 24.6. The lowest BCUT2D eigenvalue weighted by molar-refractivity contribution is -0.159. The Morgan fingerprint density at radius 1 is 1.14 bits per heavy atom. The second-order valence-electron chi connectivity index (χ2n) is 8.79. The van der Waals surface area contributed by atoms with E-state index in [1.807, 2.05) is 23.9 Å². The van der Waals surface area contributed by atoms with Crippen LogP contribution < -0.4 is 10.2 Å². The molecule has 11 heteroatoms. The fourth-order valence-electron chi connectivity index (χ4n) is 4.56. The maximum atomic E-state index is 14.3. The van der Waals surface area contributed by atoms with E-state index in [2.05, 4.69) is 29.9 Å². The Morgan fingerprint density at radius 2 is 1.94 bits per heavy atom. The van der Waals surface area contributed by atoms with Gasteiger partial charge in [0.2, 0.25) is 5.82 Å². The van der Waals surface area contributed by atoms with E-state index in [9.17, 15) is 17.6 Å². The summed E-state index contributed by atoms with van der Waals surface area (Å²) in [5.41, 5.74) is 2.19. The Bertz CT molecular complexity index is 1310. The average molecular weight is 488 g/mol. The van der Waals surface area contributed by atoms with Crippen LogP contribution in [0.2, 0.25) is 0 Å². The SMILES string of the molecule is Cn1cc(CNCC2CCN(c3ccc(-c4noc(C(F)(F)F)n4)cn3)CC2)c2c(F)cccc21. The standard InChI is InChI=1S/C24H24F4N6O/c1-33-14-17(21-18(25)3-2-4-19(21)33)12-29-11-15-7-9-34(10-8-15)20-6-5-16(13-30-20)22-31-23(35-32-22)24(26,27)28/h2-6,13-15,29H,7-12H2,1H3. The molecule has 1 saturated heterocycles. The molecule has 3 aromatic heterocycles. The van der Waals surface area contributed by atoms with Gasteiger partial charge in [0.25, 0.3) is 0 Å². The van der Waals surface area contributed by atoms with Crippen molar-refractivity contribution >= 4 is 16.7 Å². The summed E-state index contributed by atoms with van der Waals surface area (Å²) in [6.45, 7) is 3.09. The molecule has 0 radical (unpaired) electrons. The van der Waals surface area contributed by atoms with E-state index in [0.29, 0.717) is 23.4 Å². The van der Waals surface area contributed by atoms with Gasteiger partial charge in [0, 0.05) is 50.0 Å². The molecule has 4 heterocycles. The van der Waals surface area contributed by atoms with Crippen molar-refractivity contribution in [1.82, 2.24) is 25.0 Å². The molecule has 0 bridgehead atoms. The molecule has 0 saturated carbocycles. The van der Waals surface area contributed by atoms with E-state index in [0.717, 1.165) is 49.4 Å². The lowest BCUT2D eigenvalue weighted by Gasteiger charge is -2.33. The van der Waals surface area contributed by atoms with Gasteiger partial charge in [-0.3, -0.25) is 0 Å². The lowest BCUT2D eigenvalue weighted by atomic mass is 9.96. The van der Waals surface area contributed by atoms with Gasteiger partial charge in [-0.15, -0.1) is 0 Å². The van der Waals surface area contributed by atoms with Gasteiger partial charge in [-0.05, 0) is 55.1 Å². The Hall–Kier alpha value is -3.47. The molecular weight excluding hydrogens is 464 g/mol. The lowest BCUT2D eigenvalue weighted by Crippen LogP contribution is -2.37. The van der Waals surface area contributed by atoms with Crippen molar-refractivity contribution in [2.24, 2.45) is 13.0 Å². The summed E-state index contributed by atoms with van der Waals surface area (Å²) in [5, 5.41) is 7.54. The topological polar surface area (TPSA) is 72.0 Å². The van der Waals surface area contributed by atoms with Gasteiger partial charge >= 0.3 is 12.1 Å². The first kappa shape index (κ1) is 23.3. The highest BCUT2D eigenvalue weighted by atomic mass is 19.4. The molecule has 0 amide bonds. The fourth-order valence-corrected chi connectivity index (χ4v) is 4.56. The zero-order valence-corrected chi connectivity index (χ0v) is 19.0. The molecule has 0 spiro atoms. The first-order valence-electron chi connectivity index (χ1n) is 11.3. The van der Waals surface area contributed by atoms with Crippen LogP contribution in [0.15, 0.2) is 47.2 Å². The largest absolute Gasteiger partial charge is 0.471 e. The second kappa shape index (κ2) is 9.29. The number of halogens is 4. The van der Waals surface area contributed by atoms with Gasteiger partial charge < -0.3 is 19.3 Å². The van der Waals surface area contributed by atoms with Crippen LogP contribution in [-0.4, -0.2) is 39.3 Å². The third-order valence-corrected chi connectivity index (χ3v) is 6.40. The first-order chi connectivity index (χ1) is 16.8. The average Bonchev–Trinajstić information content (AvgIpc) is 3.46. The van der Waals surface area contributed by atoms with Gasteiger partial charge in [-0.2, -0.15) is 18.2 Å². The van der Waals surface area contributed by atoms with Crippen LogP contribution >= 0.6 is 0 Å². The fraction of sp³-hybridized carbons (Fsp3) is 0.375. The minimum Gasteiger partial charge on any atom is -0.357 e. The van der Waals surface area contributed by atoms with Crippen molar-refractivity contribution in [1.29, 1.82) is 0 Å². The number of alkyl halides is 3. The van der Waals surface area contributed by atoms with E-state index in [-0.39, 0.29) is 11.6 Å². The summed E-state index contributed by atoms with van der Waals surface area (Å²) >= 11 is 0. The normalized spacial score (nSPS) is 15.3. The predicted molar refractivity (Wildman–Crippen MR) is 122 cm³/mol. The van der Waals surface area contributed by atoms with Crippen LogP contribution in [0.25, 0.3) is 22.3 Å². The van der Waals surface area contributed by atoms with Crippen LogP contribution in [0.4, 0.5) is 23.4 Å². The maximum Gasteiger partial charge on any atom is 0.471 e. The summed E-state index contributed by atoms with van der Waals surface area (Å²) in [4.78, 5) is 9.93. The summed E-state index contributed by atoms with van der Waals surface area (Å²) in [5.74, 6) is -0.478. The number of nitrogens with one attached hydrogen (secondary N) is 1. The summed E-state index contributed by atoms with van der Waals surface area (Å²) in [6, 6.07) is 8.53.